The third kappa shape index (κ3) is 3.64. The summed E-state index contributed by atoms with van der Waals surface area (Å²) >= 11 is 0. The van der Waals surface area contributed by atoms with Crippen LogP contribution in [0.15, 0.2) is 23.3 Å². The Morgan fingerprint density at radius 1 is 1.57 bits per heavy atom. The van der Waals surface area contributed by atoms with Crippen molar-refractivity contribution in [3.8, 4) is 0 Å². The molecular weight excluding hydrogens is 198 g/mol. The lowest BCUT2D eigenvalue weighted by molar-refractivity contribution is 0.586. The average Bonchev–Trinajstić information content (AvgIpc) is 2.02. The minimum atomic E-state index is -3.12. The highest BCUT2D eigenvalue weighted by molar-refractivity contribution is 7.89. The van der Waals surface area contributed by atoms with Crippen LogP contribution in [-0.2, 0) is 10.0 Å². The summed E-state index contributed by atoms with van der Waals surface area (Å²) in [6.45, 7) is 4.28. The molecule has 4 heteroatoms. The van der Waals surface area contributed by atoms with Gasteiger partial charge in [-0.15, -0.1) is 0 Å². The van der Waals surface area contributed by atoms with Gasteiger partial charge in [0, 0.05) is 7.97 Å². The zero-order valence-corrected chi connectivity index (χ0v) is 9.52. The van der Waals surface area contributed by atoms with Crippen LogP contribution in [0.4, 0.5) is 0 Å². The van der Waals surface area contributed by atoms with E-state index in [4.69, 9.17) is 0 Å². The molecular formula is C10H19NO2S. The van der Waals surface area contributed by atoms with E-state index in [0.29, 0.717) is 6.54 Å². The summed E-state index contributed by atoms with van der Waals surface area (Å²) in [5.41, 5.74) is 2.17. The van der Waals surface area contributed by atoms with Gasteiger partial charge in [-0.2, -0.15) is 0 Å². The van der Waals surface area contributed by atoms with E-state index >= 15 is 0 Å². The van der Waals surface area contributed by atoms with Crippen LogP contribution in [0.2, 0.25) is 0 Å². The first-order valence-electron chi connectivity index (χ1n) is 4.87. The molecule has 0 aliphatic heterocycles. The molecule has 1 N–H and O–H groups in total. The van der Waals surface area contributed by atoms with E-state index in [1.807, 2.05) is 19.1 Å². The number of allylic oxidation sites excluding steroid dienone is 3. The Kier molecular flexibility index (Phi) is 3.89. The maximum Gasteiger partial charge on any atom is 0.215 e. The summed E-state index contributed by atoms with van der Waals surface area (Å²) < 4.78 is 25.3. The molecule has 3 nitrogen and oxygen atoms in total. The molecule has 0 amide bonds. The van der Waals surface area contributed by atoms with Crippen molar-refractivity contribution in [2.75, 3.05) is 12.3 Å². The second kappa shape index (κ2) is 4.75. The van der Waals surface area contributed by atoms with Gasteiger partial charge in [0.15, 0.2) is 0 Å². The predicted molar refractivity (Wildman–Crippen MR) is 60.7 cm³/mol. The highest BCUT2D eigenvalue weighted by atomic mass is 32.2. The van der Waals surface area contributed by atoms with Crippen molar-refractivity contribution >= 4 is 10.0 Å². The molecule has 0 spiro atoms. The van der Waals surface area contributed by atoms with Crippen LogP contribution < -0.4 is 4.72 Å². The molecule has 0 saturated carbocycles. The lowest BCUT2D eigenvalue weighted by Gasteiger charge is -2.11. The van der Waals surface area contributed by atoms with Gasteiger partial charge in [0.25, 0.3) is 0 Å². The minimum absolute atomic E-state index is 0. The van der Waals surface area contributed by atoms with Gasteiger partial charge in [0.05, 0.1) is 5.75 Å². The van der Waals surface area contributed by atoms with E-state index in [0.717, 1.165) is 18.4 Å². The molecule has 0 aromatic heterocycles. The number of rotatable bonds is 4. The minimum Gasteiger partial charge on any atom is -0.215 e. The molecule has 0 fully saturated rings. The quantitative estimate of drug-likeness (QED) is 0.781. The van der Waals surface area contributed by atoms with Gasteiger partial charge >= 0.3 is 0 Å². The highest BCUT2D eigenvalue weighted by Gasteiger charge is 2.12. The van der Waals surface area contributed by atoms with Gasteiger partial charge < -0.3 is 0 Å². The maximum atomic E-state index is 11.4. The van der Waals surface area contributed by atoms with Crippen LogP contribution in [0.1, 0.15) is 28.1 Å². The van der Waals surface area contributed by atoms with Gasteiger partial charge in [0.1, 0.15) is 0 Å². The zero-order chi connectivity index (χ0) is 10.6. The lowest BCUT2D eigenvalue weighted by Crippen LogP contribution is -2.26. The molecule has 0 heterocycles. The van der Waals surface area contributed by atoms with E-state index < -0.39 is 10.0 Å². The van der Waals surface area contributed by atoms with Crippen LogP contribution >= 0.6 is 0 Å². The van der Waals surface area contributed by atoms with E-state index in [9.17, 15) is 8.42 Å². The molecule has 0 aromatic carbocycles. The summed E-state index contributed by atoms with van der Waals surface area (Å²) in [5.74, 6) is 0.109. The van der Waals surface area contributed by atoms with Crippen LogP contribution in [-0.4, -0.2) is 20.7 Å². The second-order valence-corrected chi connectivity index (χ2v) is 5.37. The first kappa shape index (κ1) is 11.5. The fourth-order valence-electron chi connectivity index (χ4n) is 1.52. The van der Waals surface area contributed by atoms with E-state index in [2.05, 4.69) is 4.72 Å². The Hall–Kier alpha value is -0.610. The van der Waals surface area contributed by atoms with Crippen molar-refractivity contribution in [1.82, 2.24) is 4.72 Å². The Labute approximate surface area is 87.4 Å². The summed E-state index contributed by atoms with van der Waals surface area (Å²) in [5, 5.41) is 0. The topological polar surface area (TPSA) is 46.2 Å². The summed E-state index contributed by atoms with van der Waals surface area (Å²) in [4.78, 5) is 0. The monoisotopic (exact) mass is 217 g/mol. The summed E-state index contributed by atoms with van der Waals surface area (Å²) in [6.07, 6.45) is 5.98. The van der Waals surface area contributed by atoms with E-state index in [1.54, 1.807) is 6.92 Å². The van der Waals surface area contributed by atoms with Crippen LogP contribution in [0.3, 0.4) is 0 Å². The molecule has 1 aliphatic carbocycles. The van der Waals surface area contributed by atoms with Crippen LogP contribution in [0, 0.1) is 0 Å². The van der Waals surface area contributed by atoms with E-state index in [1.165, 1.54) is 5.57 Å². The standard InChI is InChI=1S/C10H17NO2S.H2/c1-3-11-14(12,13)8-10-6-4-5-9(2)7-10;/h6-7,11H,3-5,8H2,1-2H3;1H. The Morgan fingerprint density at radius 3 is 2.86 bits per heavy atom. The third-order valence-corrected chi connectivity index (χ3v) is 3.54. The molecule has 1 rings (SSSR count). The summed E-state index contributed by atoms with van der Waals surface area (Å²) in [6, 6.07) is 0. The van der Waals surface area contributed by atoms with Crippen LogP contribution in [0.25, 0.3) is 0 Å². The number of hydrogen-bond donors (Lipinski definition) is 1. The Bertz CT molecular complexity index is 358. The normalized spacial score (nSPS) is 17.6. The Morgan fingerprint density at radius 2 is 2.29 bits per heavy atom. The smallest absolute Gasteiger partial charge is 0.215 e. The van der Waals surface area contributed by atoms with E-state index in [-0.39, 0.29) is 7.18 Å². The largest absolute Gasteiger partial charge is 0.215 e. The van der Waals surface area contributed by atoms with Crippen molar-refractivity contribution in [2.45, 2.75) is 26.7 Å². The Balaban J connectivity index is 0.00000196. The third-order valence-electron chi connectivity index (χ3n) is 2.10. The van der Waals surface area contributed by atoms with Crippen molar-refractivity contribution in [2.24, 2.45) is 0 Å². The molecule has 0 radical (unpaired) electrons. The number of sulfonamides is 1. The molecule has 82 valence electrons. The average molecular weight is 217 g/mol. The van der Waals surface area contributed by atoms with Gasteiger partial charge in [-0.1, -0.05) is 24.6 Å². The molecule has 0 saturated heterocycles. The molecule has 0 atom stereocenters. The van der Waals surface area contributed by atoms with Gasteiger partial charge in [-0.3, -0.25) is 0 Å². The highest BCUT2D eigenvalue weighted by Crippen LogP contribution is 2.17. The number of nitrogens with one attached hydrogen (secondary N) is 1. The van der Waals surface area contributed by atoms with Crippen LogP contribution in [0.5, 0.6) is 0 Å². The van der Waals surface area contributed by atoms with Gasteiger partial charge in [-0.05, 0) is 25.3 Å². The first-order valence-corrected chi connectivity index (χ1v) is 6.52. The maximum absolute atomic E-state index is 11.4. The fourth-order valence-corrected chi connectivity index (χ4v) is 2.71. The summed E-state index contributed by atoms with van der Waals surface area (Å²) in [7, 11) is -3.12. The number of hydrogen-bond acceptors (Lipinski definition) is 2. The SMILES string of the molecule is CCNS(=O)(=O)CC1=CCCC(C)=C1.[HH]. The lowest BCUT2D eigenvalue weighted by atomic mass is 10.0. The second-order valence-electron chi connectivity index (χ2n) is 3.57. The van der Waals surface area contributed by atoms with Crippen molar-refractivity contribution in [3.63, 3.8) is 0 Å². The van der Waals surface area contributed by atoms with Gasteiger partial charge in [-0.25, -0.2) is 13.1 Å². The molecule has 14 heavy (non-hydrogen) atoms. The van der Waals surface area contributed by atoms with Gasteiger partial charge in [0.2, 0.25) is 10.0 Å². The molecule has 0 aromatic rings. The van der Waals surface area contributed by atoms with Crippen molar-refractivity contribution in [1.29, 1.82) is 0 Å². The molecule has 1 aliphatic rings. The molecule has 0 bridgehead atoms. The fraction of sp³-hybridized carbons (Fsp3) is 0.600. The first-order chi connectivity index (χ1) is 6.53. The molecule has 0 unspecified atom stereocenters. The van der Waals surface area contributed by atoms with Crippen molar-refractivity contribution < 1.29 is 9.84 Å². The van der Waals surface area contributed by atoms with Crippen molar-refractivity contribution in [3.05, 3.63) is 23.3 Å². The zero-order valence-electron chi connectivity index (χ0n) is 8.71. The predicted octanol–water partition coefficient (Wildman–Crippen LogP) is 1.84.